The van der Waals surface area contributed by atoms with Gasteiger partial charge in [-0.2, -0.15) is 0 Å². The van der Waals surface area contributed by atoms with Crippen LogP contribution in [-0.4, -0.2) is 30.1 Å². The summed E-state index contributed by atoms with van der Waals surface area (Å²) in [6, 6.07) is 7.33. The molecule has 1 atom stereocenters. The fourth-order valence-electron chi connectivity index (χ4n) is 1.59. The molecule has 0 fully saturated rings. The van der Waals surface area contributed by atoms with Gasteiger partial charge in [0.05, 0.1) is 6.42 Å². The standard InChI is InChI=1S/C12H18N2O2/c1-14(2)8-9-4-3-5-10(6-9)11(13)7-12(15)16/h3-6,11H,7-8,13H2,1-2H3,(H,15,16). The zero-order valence-corrected chi connectivity index (χ0v) is 9.68. The number of hydrogen-bond acceptors (Lipinski definition) is 3. The Kier molecular flexibility index (Phi) is 4.46. The van der Waals surface area contributed by atoms with E-state index in [1.807, 2.05) is 38.4 Å². The number of carbonyl (C=O) groups is 1. The number of nitrogens with two attached hydrogens (primary N) is 1. The minimum absolute atomic E-state index is 0.0363. The molecule has 0 amide bonds. The molecule has 0 aromatic heterocycles. The van der Waals surface area contributed by atoms with Crippen molar-refractivity contribution in [1.82, 2.24) is 4.90 Å². The van der Waals surface area contributed by atoms with Crippen molar-refractivity contribution in [1.29, 1.82) is 0 Å². The molecule has 1 unspecified atom stereocenters. The third-order valence-electron chi connectivity index (χ3n) is 2.27. The maximum absolute atomic E-state index is 10.6. The molecule has 0 aliphatic heterocycles. The van der Waals surface area contributed by atoms with Crippen LogP contribution in [-0.2, 0) is 11.3 Å². The molecule has 4 heteroatoms. The van der Waals surface area contributed by atoms with Crippen LogP contribution in [0, 0.1) is 0 Å². The van der Waals surface area contributed by atoms with Gasteiger partial charge in [0.15, 0.2) is 0 Å². The van der Waals surface area contributed by atoms with Crippen LogP contribution in [0.4, 0.5) is 0 Å². The second-order valence-corrected chi connectivity index (χ2v) is 4.19. The van der Waals surface area contributed by atoms with Gasteiger partial charge in [-0.25, -0.2) is 0 Å². The molecule has 0 saturated carbocycles. The van der Waals surface area contributed by atoms with Gasteiger partial charge in [0.25, 0.3) is 0 Å². The number of hydrogen-bond donors (Lipinski definition) is 2. The summed E-state index contributed by atoms with van der Waals surface area (Å²) in [4.78, 5) is 12.6. The summed E-state index contributed by atoms with van der Waals surface area (Å²) in [6.45, 7) is 0.827. The lowest BCUT2D eigenvalue weighted by Crippen LogP contribution is -2.16. The Bertz CT molecular complexity index is 364. The van der Waals surface area contributed by atoms with Crippen LogP contribution in [0.2, 0.25) is 0 Å². The van der Waals surface area contributed by atoms with Gasteiger partial charge in [-0.05, 0) is 25.2 Å². The van der Waals surface area contributed by atoms with Crippen molar-refractivity contribution < 1.29 is 9.90 Å². The summed E-state index contributed by atoms with van der Waals surface area (Å²) in [7, 11) is 3.98. The number of carboxylic acid groups (broad SMARTS) is 1. The first kappa shape index (κ1) is 12.7. The lowest BCUT2D eigenvalue weighted by molar-refractivity contribution is -0.137. The van der Waals surface area contributed by atoms with E-state index in [4.69, 9.17) is 10.8 Å². The smallest absolute Gasteiger partial charge is 0.305 e. The van der Waals surface area contributed by atoms with E-state index in [0.29, 0.717) is 0 Å². The molecule has 1 aromatic rings. The fourth-order valence-corrected chi connectivity index (χ4v) is 1.59. The van der Waals surface area contributed by atoms with Crippen molar-refractivity contribution in [2.75, 3.05) is 14.1 Å². The predicted molar refractivity (Wildman–Crippen MR) is 63.0 cm³/mol. The summed E-state index contributed by atoms with van der Waals surface area (Å²) in [6.07, 6.45) is -0.0363. The largest absolute Gasteiger partial charge is 0.481 e. The summed E-state index contributed by atoms with van der Waals surface area (Å²) < 4.78 is 0. The van der Waals surface area contributed by atoms with E-state index < -0.39 is 12.0 Å². The molecule has 4 nitrogen and oxygen atoms in total. The molecule has 3 N–H and O–H groups in total. The highest BCUT2D eigenvalue weighted by Gasteiger charge is 2.10. The first-order valence-corrected chi connectivity index (χ1v) is 5.20. The van der Waals surface area contributed by atoms with Crippen LogP contribution in [0.3, 0.4) is 0 Å². The topological polar surface area (TPSA) is 66.6 Å². The number of nitrogens with zero attached hydrogens (tertiary/aromatic N) is 1. The number of benzene rings is 1. The van der Waals surface area contributed by atoms with E-state index >= 15 is 0 Å². The van der Waals surface area contributed by atoms with Crippen LogP contribution in [0.25, 0.3) is 0 Å². The molecule has 0 aliphatic rings. The molecule has 1 rings (SSSR count). The lowest BCUT2D eigenvalue weighted by atomic mass is 10.0. The van der Waals surface area contributed by atoms with Gasteiger partial charge in [-0.1, -0.05) is 24.3 Å². The molecule has 0 bridgehead atoms. The van der Waals surface area contributed by atoms with Crippen molar-refractivity contribution >= 4 is 5.97 Å². The zero-order chi connectivity index (χ0) is 12.1. The maximum Gasteiger partial charge on any atom is 0.305 e. The Hall–Kier alpha value is -1.39. The molecule has 0 radical (unpaired) electrons. The van der Waals surface area contributed by atoms with Gasteiger partial charge < -0.3 is 15.7 Å². The van der Waals surface area contributed by atoms with Gasteiger partial charge in [0.1, 0.15) is 0 Å². The molecular formula is C12H18N2O2. The summed E-state index contributed by atoms with van der Waals surface area (Å²) in [5.41, 5.74) is 7.82. The quantitative estimate of drug-likeness (QED) is 0.786. The monoisotopic (exact) mass is 222 g/mol. The van der Waals surface area contributed by atoms with Crippen molar-refractivity contribution in [2.24, 2.45) is 5.73 Å². The molecule has 0 heterocycles. The highest BCUT2D eigenvalue weighted by Crippen LogP contribution is 2.16. The molecule has 0 saturated heterocycles. The van der Waals surface area contributed by atoms with Gasteiger partial charge in [0.2, 0.25) is 0 Å². The number of rotatable bonds is 5. The molecular weight excluding hydrogens is 204 g/mol. The second-order valence-electron chi connectivity index (χ2n) is 4.19. The zero-order valence-electron chi connectivity index (χ0n) is 9.68. The van der Waals surface area contributed by atoms with Crippen LogP contribution in [0.1, 0.15) is 23.6 Å². The number of aliphatic carboxylic acids is 1. The summed E-state index contributed by atoms with van der Waals surface area (Å²) in [5, 5.41) is 8.67. The average molecular weight is 222 g/mol. The van der Waals surface area contributed by atoms with Gasteiger partial charge in [0, 0.05) is 12.6 Å². The van der Waals surface area contributed by atoms with E-state index in [-0.39, 0.29) is 6.42 Å². The first-order valence-electron chi connectivity index (χ1n) is 5.20. The minimum Gasteiger partial charge on any atom is -0.481 e. The molecule has 1 aromatic carbocycles. The Labute approximate surface area is 95.7 Å². The normalized spacial score (nSPS) is 12.8. The summed E-state index contributed by atoms with van der Waals surface area (Å²) >= 11 is 0. The predicted octanol–water partition coefficient (Wildman–Crippen LogP) is 1.22. The number of carboxylic acids is 1. The van der Waals surface area contributed by atoms with E-state index in [9.17, 15) is 4.79 Å². The van der Waals surface area contributed by atoms with Crippen LogP contribution < -0.4 is 5.73 Å². The highest BCUT2D eigenvalue weighted by molar-refractivity contribution is 5.67. The Morgan fingerprint density at radius 3 is 2.75 bits per heavy atom. The average Bonchev–Trinajstić information content (AvgIpc) is 2.16. The first-order chi connectivity index (χ1) is 7.49. The lowest BCUT2D eigenvalue weighted by Gasteiger charge is -2.13. The minimum atomic E-state index is -0.870. The molecule has 16 heavy (non-hydrogen) atoms. The van der Waals surface area contributed by atoms with E-state index in [0.717, 1.165) is 17.7 Å². The highest BCUT2D eigenvalue weighted by atomic mass is 16.4. The van der Waals surface area contributed by atoms with Crippen molar-refractivity contribution in [3.63, 3.8) is 0 Å². The third kappa shape index (κ3) is 4.00. The van der Waals surface area contributed by atoms with Crippen LogP contribution >= 0.6 is 0 Å². The van der Waals surface area contributed by atoms with Gasteiger partial charge in [-0.15, -0.1) is 0 Å². The van der Waals surface area contributed by atoms with E-state index in [2.05, 4.69) is 4.90 Å². The second kappa shape index (κ2) is 5.63. The molecule has 0 aliphatic carbocycles. The maximum atomic E-state index is 10.6. The van der Waals surface area contributed by atoms with E-state index in [1.165, 1.54) is 0 Å². The Balaban J connectivity index is 2.77. The SMILES string of the molecule is CN(C)Cc1cccc(C(N)CC(=O)O)c1. The third-order valence-corrected chi connectivity index (χ3v) is 2.27. The Morgan fingerprint density at radius 2 is 2.19 bits per heavy atom. The van der Waals surface area contributed by atoms with Crippen molar-refractivity contribution in [3.05, 3.63) is 35.4 Å². The van der Waals surface area contributed by atoms with Gasteiger partial charge >= 0.3 is 5.97 Å². The molecule has 0 spiro atoms. The van der Waals surface area contributed by atoms with Crippen LogP contribution in [0.5, 0.6) is 0 Å². The molecule has 88 valence electrons. The summed E-state index contributed by atoms with van der Waals surface area (Å²) in [5.74, 6) is -0.870. The Morgan fingerprint density at radius 1 is 1.50 bits per heavy atom. The van der Waals surface area contributed by atoms with Crippen LogP contribution in [0.15, 0.2) is 24.3 Å². The van der Waals surface area contributed by atoms with Crippen molar-refractivity contribution in [2.45, 2.75) is 19.0 Å². The van der Waals surface area contributed by atoms with Gasteiger partial charge in [-0.3, -0.25) is 4.79 Å². The fraction of sp³-hybridized carbons (Fsp3) is 0.417. The van der Waals surface area contributed by atoms with E-state index in [1.54, 1.807) is 0 Å². The van der Waals surface area contributed by atoms with Crippen molar-refractivity contribution in [3.8, 4) is 0 Å².